The molecule has 0 heterocycles. The molecule has 2 nitrogen and oxygen atoms in total. The zero-order valence-corrected chi connectivity index (χ0v) is 13.6. The van der Waals surface area contributed by atoms with Gasteiger partial charge in [-0.2, -0.15) is 0 Å². The number of hydrogen-bond donors (Lipinski definition) is 2. The van der Waals surface area contributed by atoms with Gasteiger partial charge < -0.3 is 11.1 Å². The molecule has 110 valence electrons. The Balaban J connectivity index is 4.05. The van der Waals surface area contributed by atoms with Crippen molar-refractivity contribution < 1.29 is 0 Å². The Hall–Kier alpha value is -0.0800. The highest BCUT2D eigenvalue weighted by Gasteiger charge is 2.26. The normalized spacial score (nSPS) is 18.7. The molecule has 0 aromatic rings. The van der Waals surface area contributed by atoms with E-state index in [0.717, 1.165) is 25.8 Å². The van der Waals surface area contributed by atoms with Crippen LogP contribution in [0.25, 0.3) is 0 Å². The van der Waals surface area contributed by atoms with Crippen molar-refractivity contribution in [2.75, 3.05) is 6.54 Å². The molecule has 2 unspecified atom stereocenters. The lowest BCUT2D eigenvalue weighted by Crippen LogP contribution is -2.47. The highest BCUT2D eigenvalue weighted by Crippen LogP contribution is 2.22. The third kappa shape index (κ3) is 5.71. The minimum Gasteiger partial charge on any atom is -0.325 e. The van der Waals surface area contributed by atoms with Crippen LogP contribution in [0, 0.1) is 5.92 Å². The molecule has 0 aromatic carbocycles. The number of nitrogens with two attached hydrogens (primary N) is 1. The molecule has 0 spiro atoms. The van der Waals surface area contributed by atoms with Crippen LogP contribution in [-0.4, -0.2) is 17.6 Å². The van der Waals surface area contributed by atoms with E-state index >= 15 is 0 Å². The molecule has 2 heteroatoms. The van der Waals surface area contributed by atoms with E-state index in [9.17, 15) is 0 Å². The summed E-state index contributed by atoms with van der Waals surface area (Å²) in [6.07, 6.45) is 6.95. The molecule has 0 saturated carbocycles. The van der Waals surface area contributed by atoms with E-state index in [1.54, 1.807) is 0 Å². The smallest absolute Gasteiger partial charge is 0.0173 e. The van der Waals surface area contributed by atoms with Gasteiger partial charge in [0.1, 0.15) is 0 Å². The fourth-order valence-electron chi connectivity index (χ4n) is 2.53. The summed E-state index contributed by atoms with van der Waals surface area (Å²) in [5, 5.41) is 3.73. The zero-order chi connectivity index (χ0) is 14.2. The first-order chi connectivity index (χ1) is 8.33. The third-order valence-corrected chi connectivity index (χ3v) is 4.84. The molecule has 0 rings (SSSR count). The van der Waals surface area contributed by atoms with Crippen molar-refractivity contribution in [2.45, 2.75) is 91.1 Å². The maximum atomic E-state index is 6.42. The Morgan fingerprint density at radius 2 is 1.67 bits per heavy atom. The van der Waals surface area contributed by atoms with Gasteiger partial charge >= 0.3 is 0 Å². The monoisotopic (exact) mass is 256 g/mol. The Morgan fingerprint density at radius 1 is 1.06 bits per heavy atom. The highest BCUT2D eigenvalue weighted by atomic mass is 15.0. The Bertz CT molecular complexity index is 215. The lowest BCUT2D eigenvalue weighted by Gasteiger charge is -2.35. The second-order valence-electron chi connectivity index (χ2n) is 6.42. The van der Waals surface area contributed by atoms with Crippen molar-refractivity contribution in [1.29, 1.82) is 0 Å². The molecule has 0 aliphatic carbocycles. The molecule has 18 heavy (non-hydrogen) atoms. The predicted molar refractivity (Wildman–Crippen MR) is 82.9 cm³/mol. The van der Waals surface area contributed by atoms with Crippen LogP contribution in [0.15, 0.2) is 0 Å². The summed E-state index contributed by atoms with van der Waals surface area (Å²) in [6.45, 7) is 14.7. The van der Waals surface area contributed by atoms with Gasteiger partial charge in [0.15, 0.2) is 0 Å². The molecular weight excluding hydrogens is 220 g/mol. The summed E-state index contributed by atoms with van der Waals surface area (Å²) < 4.78 is 0. The quantitative estimate of drug-likeness (QED) is 0.578. The van der Waals surface area contributed by atoms with Crippen LogP contribution >= 0.6 is 0 Å². The van der Waals surface area contributed by atoms with E-state index in [2.05, 4.69) is 46.9 Å². The SMILES string of the molecule is CCCC(N)(CC)CCCNC(C)(CC)C(C)C. The van der Waals surface area contributed by atoms with E-state index in [1.807, 2.05) is 0 Å². The van der Waals surface area contributed by atoms with Crippen molar-refractivity contribution in [3.05, 3.63) is 0 Å². The van der Waals surface area contributed by atoms with Crippen LogP contribution in [0.5, 0.6) is 0 Å². The number of nitrogens with one attached hydrogen (secondary N) is 1. The first-order valence-electron chi connectivity index (χ1n) is 7.87. The lowest BCUT2D eigenvalue weighted by molar-refractivity contribution is 0.243. The highest BCUT2D eigenvalue weighted by molar-refractivity contribution is 4.86. The maximum absolute atomic E-state index is 6.42. The van der Waals surface area contributed by atoms with Crippen LogP contribution in [0.2, 0.25) is 0 Å². The maximum Gasteiger partial charge on any atom is 0.0173 e. The van der Waals surface area contributed by atoms with Gasteiger partial charge in [-0.15, -0.1) is 0 Å². The summed E-state index contributed by atoms with van der Waals surface area (Å²) in [7, 11) is 0. The van der Waals surface area contributed by atoms with Crippen LogP contribution in [0.1, 0.15) is 80.1 Å². The molecule has 0 radical (unpaired) electrons. The van der Waals surface area contributed by atoms with Gasteiger partial charge in [0.2, 0.25) is 0 Å². The number of rotatable bonds is 10. The van der Waals surface area contributed by atoms with E-state index in [4.69, 9.17) is 5.73 Å². The van der Waals surface area contributed by atoms with Gasteiger partial charge in [0.25, 0.3) is 0 Å². The third-order valence-electron chi connectivity index (χ3n) is 4.84. The fraction of sp³-hybridized carbons (Fsp3) is 1.00. The molecule has 0 aromatic heterocycles. The first kappa shape index (κ1) is 17.9. The molecule has 0 amide bonds. The minimum atomic E-state index is 0.0663. The summed E-state index contributed by atoms with van der Waals surface area (Å²) in [5.41, 5.74) is 6.76. The fourth-order valence-corrected chi connectivity index (χ4v) is 2.53. The summed E-state index contributed by atoms with van der Waals surface area (Å²) in [6, 6.07) is 0. The average molecular weight is 256 g/mol. The molecule has 3 N–H and O–H groups in total. The van der Waals surface area contributed by atoms with Crippen molar-refractivity contribution in [3.63, 3.8) is 0 Å². The molecule has 0 fully saturated rings. The van der Waals surface area contributed by atoms with Crippen LogP contribution in [-0.2, 0) is 0 Å². The Morgan fingerprint density at radius 3 is 2.06 bits per heavy atom. The largest absolute Gasteiger partial charge is 0.325 e. The van der Waals surface area contributed by atoms with Gasteiger partial charge in [-0.1, -0.05) is 41.0 Å². The van der Waals surface area contributed by atoms with Gasteiger partial charge in [-0.3, -0.25) is 0 Å². The summed E-state index contributed by atoms with van der Waals surface area (Å²) in [4.78, 5) is 0. The van der Waals surface area contributed by atoms with E-state index < -0.39 is 0 Å². The van der Waals surface area contributed by atoms with Crippen molar-refractivity contribution in [3.8, 4) is 0 Å². The minimum absolute atomic E-state index is 0.0663. The first-order valence-corrected chi connectivity index (χ1v) is 7.87. The van der Waals surface area contributed by atoms with Gasteiger partial charge in [0.05, 0.1) is 0 Å². The van der Waals surface area contributed by atoms with E-state index in [1.165, 1.54) is 19.3 Å². The zero-order valence-electron chi connectivity index (χ0n) is 13.6. The van der Waals surface area contributed by atoms with Crippen LogP contribution in [0.3, 0.4) is 0 Å². The van der Waals surface area contributed by atoms with Gasteiger partial charge in [-0.25, -0.2) is 0 Å². The lowest BCUT2D eigenvalue weighted by atomic mass is 9.84. The predicted octanol–water partition coefficient (Wildman–Crippen LogP) is 4.09. The molecule has 0 aliphatic heterocycles. The van der Waals surface area contributed by atoms with Crippen molar-refractivity contribution in [2.24, 2.45) is 11.7 Å². The summed E-state index contributed by atoms with van der Waals surface area (Å²) in [5.74, 6) is 0.673. The Labute approximate surface area is 115 Å². The van der Waals surface area contributed by atoms with Crippen molar-refractivity contribution in [1.82, 2.24) is 5.32 Å². The van der Waals surface area contributed by atoms with E-state index in [-0.39, 0.29) is 11.1 Å². The van der Waals surface area contributed by atoms with Crippen LogP contribution in [0.4, 0.5) is 0 Å². The molecule has 0 bridgehead atoms. The number of hydrogen-bond acceptors (Lipinski definition) is 2. The molecule has 0 aliphatic rings. The second kappa shape index (κ2) is 8.16. The van der Waals surface area contributed by atoms with Gasteiger partial charge in [-0.05, 0) is 51.5 Å². The topological polar surface area (TPSA) is 38.0 Å². The standard InChI is InChI=1S/C16H36N2/c1-7-11-16(17,9-3)12-10-13-18-15(6,8-2)14(4)5/h14,18H,7-13,17H2,1-6H3. The Kier molecular flexibility index (Phi) is 8.13. The second-order valence-corrected chi connectivity index (χ2v) is 6.42. The molecular formula is C16H36N2. The van der Waals surface area contributed by atoms with E-state index in [0.29, 0.717) is 5.92 Å². The summed E-state index contributed by atoms with van der Waals surface area (Å²) >= 11 is 0. The van der Waals surface area contributed by atoms with Crippen LogP contribution < -0.4 is 11.1 Å². The molecule has 0 saturated heterocycles. The van der Waals surface area contributed by atoms with Crippen molar-refractivity contribution >= 4 is 0 Å². The van der Waals surface area contributed by atoms with Gasteiger partial charge in [0, 0.05) is 11.1 Å². The molecule has 2 atom stereocenters. The average Bonchev–Trinajstić information content (AvgIpc) is 2.34.